The van der Waals surface area contributed by atoms with E-state index in [0.29, 0.717) is 47.2 Å². The lowest BCUT2D eigenvalue weighted by Gasteiger charge is -2.20. The predicted octanol–water partition coefficient (Wildman–Crippen LogP) is 2.23. The zero-order valence-corrected chi connectivity index (χ0v) is 23.0. The summed E-state index contributed by atoms with van der Waals surface area (Å²) in [4.78, 5) is 46.3. The molecule has 0 bridgehead atoms. The molecule has 12 heteroatoms. The zero-order chi connectivity index (χ0) is 27.9. The fraction of sp³-hybridized carbons (Fsp3) is 0.519. The molecule has 1 fully saturated rings. The van der Waals surface area contributed by atoms with Gasteiger partial charge in [0.1, 0.15) is 5.69 Å². The van der Waals surface area contributed by atoms with Crippen LogP contribution in [0.25, 0.3) is 0 Å². The fourth-order valence-corrected chi connectivity index (χ4v) is 4.67. The van der Waals surface area contributed by atoms with E-state index in [4.69, 9.17) is 9.47 Å². The van der Waals surface area contributed by atoms with Gasteiger partial charge in [0.2, 0.25) is 5.91 Å². The van der Waals surface area contributed by atoms with E-state index in [-0.39, 0.29) is 36.8 Å². The van der Waals surface area contributed by atoms with Crippen molar-refractivity contribution in [2.24, 2.45) is 12.0 Å². The van der Waals surface area contributed by atoms with Crippen LogP contribution in [0.3, 0.4) is 0 Å². The highest BCUT2D eigenvalue weighted by molar-refractivity contribution is 6.03. The van der Waals surface area contributed by atoms with Crippen LogP contribution in [0.15, 0.2) is 23.2 Å². The van der Waals surface area contributed by atoms with Crippen molar-refractivity contribution in [3.8, 4) is 11.5 Å². The summed E-state index contributed by atoms with van der Waals surface area (Å²) in [5, 5.41) is 9.83. The van der Waals surface area contributed by atoms with Crippen LogP contribution in [-0.4, -0.2) is 97.0 Å². The molecule has 39 heavy (non-hydrogen) atoms. The molecule has 1 unspecified atom stereocenters. The van der Waals surface area contributed by atoms with Gasteiger partial charge in [0.25, 0.3) is 11.8 Å². The van der Waals surface area contributed by atoms with E-state index in [9.17, 15) is 14.4 Å². The minimum atomic E-state index is -0.237. The molecule has 1 aromatic carbocycles. The molecule has 3 amide bonds. The van der Waals surface area contributed by atoms with Crippen LogP contribution < -0.4 is 20.1 Å². The number of hydrogen-bond donors (Lipinski definition) is 2. The number of anilines is 1. The Morgan fingerprint density at radius 3 is 2.77 bits per heavy atom. The van der Waals surface area contributed by atoms with E-state index in [1.165, 1.54) is 11.8 Å². The third-order valence-corrected chi connectivity index (χ3v) is 6.71. The van der Waals surface area contributed by atoms with Gasteiger partial charge in [-0.1, -0.05) is 0 Å². The van der Waals surface area contributed by atoms with Gasteiger partial charge in [-0.05, 0) is 52.4 Å². The van der Waals surface area contributed by atoms with Gasteiger partial charge in [0.15, 0.2) is 17.3 Å². The Hall–Kier alpha value is -3.93. The lowest BCUT2D eigenvalue weighted by molar-refractivity contribution is -0.116. The fourth-order valence-electron chi connectivity index (χ4n) is 4.67. The number of carbonyl (C=O) groups excluding carboxylic acids is 3. The Morgan fingerprint density at radius 2 is 2.00 bits per heavy atom. The van der Waals surface area contributed by atoms with Gasteiger partial charge in [0, 0.05) is 44.9 Å². The predicted molar refractivity (Wildman–Crippen MR) is 147 cm³/mol. The number of amides is 3. The summed E-state index contributed by atoms with van der Waals surface area (Å²) in [6.45, 7) is 2.42. The van der Waals surface area contributed by atoms with Crippen LogP contribution in [0.5, 0.6) is 11.5 Å². The lowest BCUT2D eigenvalue weighted by Crippen LogP contribution is -2.35. The van der Waals surface area contributed by atoms with Crippen molar-refractivity contribution in [1.82, 2.24) is 24.9 Å². The number of benzene rings is 1. The number of fused-ring (bicyclic) bond motifs is 2. The molecule has 1 saturated heterocycles. The Labute approximate surface area is 228 Å². The molecule has 0 radical (unpaired) electrons. The van der Waals surface area contributed by atoms with Crippen molar-refractivity contribution in [1.29, 1.82) is 0 Å². The Balaban J connectivity index is 1.27. The van der Waals surface area contributed by atoms with E-state index < -0.39 is 0 Å². The van der Waals surface area contributed by atoms with Crippen molar-refractivity contribution in [2.75, 3.05) is 52.8 Å². The van der Waals surface area contributed by atoms with Gasteiger partial charge < -0.3 is 29.9 Å². The van der Waals surface area contributed by atoms with Crippen molar-refractivity contribution < 1.29 is 23.9 Å². The quantitative estimate of drug-likeness (QED) is 0.396. The van der Waals surface area contributed by atoms with Crippen LogP contribution >= 0.6 is 0 Å². The third-order valence-electron chi connectivity index (χ3n) is 6.71. The standard InChI is InChI=1S/C27H37N7O5/c1-32(2)11-7-10-28-26(36)21-16-24(31-33(21)3)30-25(35)9-6-13-39-23-15-20-19(14-22(23)38-4)27(37)34-12-5-8-18(34)17-29-20/h14-18H,5-13H2,1-4H3,(H,28,36)(H,30,31,35). The largest absolute Gasteiger partial charge is 0.493 e. The molecule has 2 aliphatic rings. The van der Waals surface area contributed by atoms with Gasteiger partial charge in [-0.3, -0.25) is 24.1 Å². The highest BCUT2D eigenvalue weighted by Crippen LogP contribution is 2.38. The van der Waals surface area contributed by atoms with Crippen molar-refractivity contribution in [3.05, 3.63) is 29.5 Å². The van der Waals surface area contributed by atoms with Crippen LogP contribution in [0.2, 0.25) is 0 Å². The molecule has 2 aromatic rings. The third kappa shape index (κ3) is 6.94. The summed E-state index contributed by atoms with van der Waals surface area (Å²) >= 11 is 0. The van der Waals surface area contributed by atoms with E-state index in [1.807, 2.05) is 25.2 Å². The second-order valence-corrected chi connectivity index (χ2v) is 9.96. The maximum atomic E-state index is 13.0. The first-order valence-corrected chi connectivity index (χ1v) is 13.2. The summed E-state index contributed by atoms with van der Waals surface area (Å²) < 4.78 is 12.8. The number of methoxy groups -OCH3 is 1. The minimum absolute atomic E-state index is 0.0245. The molecule has 3 heterocycles. The molecule has 12 nitrogen and oxygen atoms in total. The molecule has 0 spiro atoms. The van der Waals surface area contributed by atoms with Crippen molar-refractivity contribution >= 4 is 35.4 Å². The summed E-state index contributed by atoms with van der Waals surface area (Å²) in [7, 11) is 7.15. The molecule has 2 N–H and O–H groups in total. The maximum Gasteiger partial charge on any atom is 0.269 e. The first kappa shape index (κ1) is 28.1. The van der Waals surface area contributed by atoms with Crippen LogP contribution in [-0.2, 0) is 11.8 Å². The molecule has 2 aliphatic heterocycles. The zero-order valence-electron chi connectivity index (χ0n) is 23.0. The van der Waals surface area contributed by atoms with E-state index in [0.717, 1.165) is 32.4 Å². The molecule has 210 valence electrons. The van der Waals surface area contributed by atoms with Crippen LogP contribution in [0.1, 0.15) is 53.0 Å². The topological polar surface area (TPSA) is 130 Å². The second-order valence-electron chi connectivity index (χ2n) is 9.96. The normalized spacial score (nSPS) is 16.1. The number of rotatable bonds is 12. The van der Waals surface area contributed by atoms with Gasteiger partial charge in [-0.2, -0.15) is 5.10 Å². The van der Waals surface area contributed by atoms with Gasteiger partial charge in [0.05, 0.1) is 31.0 Å². The minimum Gasteiger partial charge on any atom is -0.493 e. The van der Waals surface area contributed by atoms with Gasteiger partial charge in [-0.25, -0.2) is 0 Å². The highest BCUT2D eigenvalue weighted by Gasteiger charge is 2.32. The average Bonchev–Trinajstić information content (AvgIpc) is 3.50. The van der Waals surface area contributed by atoms with E-state index in [1.54, 1.807) is 25.2 Å². The number of aromatic nitrogens is 2. The number of aliphatic imine (C=N–C) groups is 1. The van der Waals surface area contributed by atoms with Gasteiger partial charge >= 0.3 is 0 Å². The summed E-state index contributed by atoms with van der Waals surface area (Å²) in [5.74, 6) is 0.705. The molecule has 1 aromatic heterocycles. The lowest BCUT2D eigenvalue weighted by atomic mass is 10.1. The number of nitrogens with zero attached hydrogens (tertiary/aromatic N) is 5. The molecule has 1 atom stereocenters. The van der Waals surface area contributed by atoms with Crippen molar-refractivity contribution in [2.45, 2.75) is 38.1 Å². The number of hydrogen-bond acceptors (Lipinski definition) is 8. The first-order valence-electron chi connectivity index (χ1n) is 13.2. The SMILES string of the molecule is COc1cc2c(cc1OCCCC(=O)Nc1cc(C(=O)NCCCN(C)C)n(C)n1)N=CC1CCCN1C2=O. The van der Waals surface area contributed by atoms with E-state index in [2.05, 4.69) is 25.6 Å². The monoisotopic (exact) mass is 539 g/mol. The summed E-state index contributed by atoms with van der Waals surface area (Å²) in [5.41, 5.74) is 1.42. The van der Waals surface area contributed by atoms with Crippen LogP contribution in [0.4, 0.5) is 11.5 Å². The Kier molecular flexibility index (Phi) is 9.18. The molecule has 0 saturated carbocycles. The number of aryl methyl sites for hydroxylation is 1. The number of carbonyl (C=O) groups is 3. The smallest absolute Gasteiger partial charge is 0.269 e. The Bertz CT molecular complexity index is 1240. The van der Waals surface area contributed by atoms with Crippen LogP contribution in [0, 0.1) is 0 Å². The number of ether oxygens (including phenoxy) is 2. The van der Waals surface area contributed by atoms with E-state index >= 15 is 0 Å². The molecule has 4 rings (SSSR count). The van der Waals surface area contributed by atoms with Gasteiger partial charge in [-0.15, -0.1) is 0 Å². The first-order chi connectivity index (χ1) is 18.8. The highest BCUT2D eigenvalue weighted by atomic mass is 16.5. The molecule has 0 aliphatic carbocycles. The molecular formula is C27H37N7O5. The maximum absolute atomic E-state index is 13.0. The van der Waals surface area contributed by atoms with Crippen molar-refractivity contribution in [3.63, 3.8) is 0 Å². The second kappa shape index (κ2) is 12.7. The average molecular weight is 540 g/mol. The molecular weight excluding hydrogens is 502 g/mol. The Morgan fingerprint density at radius 1 is 1.18 bits per heavy atom. The summed E-state index contributed by atoms with van der Waals surface area (Å²) in [6.07, 6.45) is 5.19. The number of nitrogens with one attached hydrogen (secondary N) is 2. The summed E-state index contributed by atoms with van der Waals surface area (Å²) in [6, 6.07) is 4.97.